The summed E-state index contributed by atoms with van der Waals surface area (Å²) in [5.41, 5.74) is 2.07. The number of aromatic nitrogens is 1. The van der Waals surface area contributed by atoms with E-state index in [9.17, 15) is 4.39 Å². The number of hydrogen-bond donors (Lipinski definition) is 1. The van der Waals surface area contributed by atoms with Crippen molar-refractivity contribution < 1.29 is 8.91 Å². The van der Waals surface area contributed by atoms with Gasteiger partial charge >= 0.3 is 0 Å². The van der Waals surface area contributed by atoms with Gasteiger partial charge < -0.3 is 9.84 Å². The number of nitrogens with zero attached hydrogens (tertiary/aromatic N) is 1. The van der Waals surface area contributed by atoms with Crippen LogP contribution in [0, 0.1) is 18.7 Å². The summed E-state index contributed by atoms with van der Waals surface area (Å²) in [5, 5.41) is 7.56. The monoisotopic (exact) mass is 288 g/mol. The lowest BCUT2D eigenvalue weighted by Crippen LogP contribution is -2.32. The summed E-state index contributed by atoms with van der Waals surface area (Å²) in [6, 6.07) is 9.23. The van der Waals surface area contributed by atoms with Gasteiger partial charge in [-0.3, -0.25) is 0 Å². The second kappa shape index (κ2) is 6.39. The zero-order valence-electron chi connectivity index (χ0n) is 12.3. The molecule has 1 aromatic heterocycles. The molecule has 1 aromatic carbocycles. The highest BCUT2D eigenvalue weighted by Gasteiger charge is 2.28. The second-order valence-electron chi connectivity index (χ2n) is 5.94. The number of rotatable bonds is 5. The molecule has 0 saturated heterocycles. The molecule has 3 rings (SSSR count). The Morgan fingerprint density at radius 3 is 2.81 bits per heavy atom. The van der Waals surface area contributed by atoms with E-state index in [2.05, 4.69) is 10.5 Å². The molecule has 0 aliphatic heterocycles. The molecule has 0 bridgehead atoms. The lowest BCUT2D eigenvalue weighted by atomic mass is 9.97. The number of benzene rings is 1. The summed E-state index contributed by atoms with van der Waals surface area (Å²) in [5.74, 6) is 1.39. The van der Waals surface area contributed by atoms with Gasteiger partial charge in [-0.15, -0.1) is 0 Å². The van der Waals surface area contributed by atoms with Crippen molar-refractivity contribution >= 4 is 0 Å². The van der Waals surface area contributed by atoms with Crippen molar-refractivity contribution in [2.45, 2.75) is 45.2 Å². The number of hydrogen-bond acceptors (Lipinski definition) is 3. The summed E-state index contributed by atoms with van der Waals surface area (Å²) >= 11 is 0. The van der Waals surface area contributed by atoms with E-state index in [0.29, 0.717) is 12.0 Å². The van der Waals surface area contributed by atoms with Crippen LogP contribution in [0.5, 0.6) is 0 Å². The van der Waals surface area contributed by atoms with Crippen molar-refractivity contribution in [3.63, 3.8) is 0 Å². The van der Waals surface area contributed by atoms with E-state index in [1.165, 1.54) is 31.4 Å². The quantitative estimate of drug-likeness (QED) is 0.913. The van der Waals surface area contributed by atoms with Gasteiger partial charge in [-0.2, -0.15) is 0 Å². The van der Waals surface area contributed by atoms with Gasteiger partial charge in [-0.25, -0.2) is 4.39 Å². The highest BCUT2D eigenvalue weighted by molar-refractivity contribution is 5.16. The molecule has 1 aliphatic rings. The largest absolute Gasteiger partial charge is 0.361 e. The molecule has 0 spiro atoms. The van der Waals surface area contributed by atoms with E-state index in [4.69, 9.17) is 4.52 Å². The topological polar surface area (TPSA) is 38.1 Å². The maximum absolute atomic E-state index is 12.9. The molecule has 1 N–H and O–H groups in total. The molecule has 1 aliphatic carbocycles. The minimum Gasteiger partial charge on any atom is -0.361 e. The zero-order valence-corrected chi connectivity index (χ0v) is 12.3. The lowest BCUT2D eigenvalue weighted by molar-refractivity contribution is 0.329. The first kappa shape index (κ1) is 14.3. The third-order valence-corrected chi connectivity index (χ3v) is 4.28. The molecule has 21 heavy (non-hydrogen) atoms. The van der Waals surface area contributed by atoms with Crippen LogP contribution < -0.4 is 5.32 Å². The summed E-state index contributed by atoms with van der Waals surface area (Å²) in [4.78, 5) is 0. The maximum Gasteiger partial charge on any atom is 0.137 e. The van der Waals surface area contributed by atoms with Gasteiger partial charge in [0.2, 0.25) is 0 Å². The van der Waals surface area contributed by atoms with Gasteiger partial charge in [-0.1, -0.05) is 23.7 Å². The van der Waals surface area contributed by atoms with Crippen LogP contribution >= 0.6 is 0 Å². The van der Waals surface area contributed by atoms with Gasteiger partial charge in [0.1, 0.15) is 11.6 Å². The Morgan fingerprint density at radius 2 is 2.10 bits per heavy atom. The fourth-order valence-electron chi connectivity index (χ4n) is 3.17. The molecule has 2 aromatic rings. The summed E-state index contributed by atoms with van der Waals surface area (Å²) < 4.78 is 18.2. The van der Waals surface area contributed by atoms with Gasteiger partial charge in [0.15, 0.2) is 0 Å². The van der Waals surface area contributed by atoms with Crippen LogP contribution in [0.2, 0.25) is 0 Å². The number of nitrogens with one attached hydrogen (secondary N) is 1. The zero-order chi connectivity index (χ0) is 14.7. The fourth-order valence-corrected chi connectivity index (χ4v) is 3.17. The Balaban J connectivity index is 1.55. The van der Waals surface area contributed by atoms with Crippen molar-refractivity contribution in [2.24, 2.45) is 5.92 Å². The Labute approximate surface area is 124 Å². The van der Waals surface area contributed by atoms with Crippen molar-refractivity contribution in [2.75, 3.05) is 0 Å². The normalized spacial score (nSPS) is 21.8. The van der Waals surface area contributed by atoms with E-state index >= 15 is 0 Å². The second-order valence-corrected chi connectivity index (χ2v) is 5.94. The molecule has 112 valence electrons. The minimum atomic E-state index is -0.182. The van der Waals surface area contributed by atoms with E-state index in [1.54, 1.807) is 0 Å². The molecule has 0 amide bonds. The van der Waals surface area contributed by atoms with E-state index in [0.717, 1.165) is 30.0 Å². The van der Waals surface area contributed by atoms with Crippen LogP contribution in [0.3, 0.4) is 0 Å². The summed E-state index contributed by atoms with van der Waals surface area (Å²) in [7, 11) is 0. The molecule has 1 fully saturated rings. The molecule has 0 radical (unpaired) electrons. The predicted molar refractivity (Wildman–Crippen MR) is 79.3 cm³/mol. The van der Waals surface area contributed by atoms with Crippen LogP contribution in [0.25, 0.3) is 0 Å². The first-order valence-corrected chi connectivity index (χ1v) is 7.61. The third kappa shape index (κ3) is 3.70. The smallest absolute Gasteiger partial charge is 0.137 e. The maximum atomic E-state index is 12.9. The van der Waals surface area contributed by atoms with Gasteiger partial charge in [0.05, 0.1) is 5.69 Å². The average Bonchev–Trinajstić information content (AvgIpc) is 3.08. The highest BCUT2D eigenvalue weighted by Crippen LogP contribution is 2.29. The van der Waals surface area contributed by atoms with Crippen LogP contribution in [0.15, 0.2) is 34.9 Å². The summed E-state index contributed by atoms with van der Waals surface area (Å²) in [6.45, 7) is 2.74. The van der Waals surface area contributed by atoms with E-state index < -0.39 is 0 Å². The Hall–Kier alpha value is -1.68. The van der Waals surface area contributed by atoms with Gasteiger partial charge in [0.25, 0.3) is 0 Å². The van der Waals surface area contributed by atoms with Crippen molar-refractivity contribution in [1.82, 2.24) is 10.5 Å². The first-order chi connectivity index (χ1) is 10.2. The standard InChI is InChI=1S/C17H21FN2O/c1-12-9-16(21-20-12)10-14-3-2-4-17(14)19-11-13-5-7-15(18)8-6-13/h5-9,14,17,19H,2-4,10-11H2,1H3/t14-,17+/m0/s1. The fraction of sp³-hybridized carbons (Fsp3) is 0.471. The summed E-state index contributed by atoms with van der Waals surface area (Å²) in [6.07, 6.45) is 4.61. The van der Waals surface area contributed by atoms with Gasteiger partial charge in [0, 0.05) is 25.1 Å². The first-order valence-electron chi connectivity index (χ1n) is 7.61. The van der Waals surface area contributed by atoms with E-state index in [-0.39, 0.29) is 5.82 Å². The third-order valence-electron chi connectivity index (χ3n) is 4.28. The minimum absolute atomic E-state index is 0.182. The molecule has 3 nitrogen and oxygen atoms in total. The molecule has 4 heteroatoms. The molecule has 1 heterocycles. The Kier molecular flexibility index (Phi) is 4.34. The molecule has 2 atom stereocenters. The highest BCUT2D eigenvalue weighted by atomic mass is 19.1. The van der Waals surface area contributed by atoms with Crippen LogP contribution in [-0.2, 0) is 13.0 Å². The average molecular weight is 288 g/mol. The van der Waals surface area contributed by atoms with E-state index in [1.807, 2.05) is 25.1 Å². The van der Waals surface area contributed by atoms with Crippen molar-refractivity contribution in [3.05, 3.63) is 53.2 Å². The van der Waals surface area contributed by atoms with Crippen molar-refractivity contribution in [1.29, 1.82) is 0 Å². The lowest BCUT2D eigenvalue weighted by Gasteiger charge is -2.20. The SMILES string of the molecule is Cc1cc(C[C@@H]2CCC[C@H]2NCc2ccc(F)cc2)on1. The Bertz CT molecular complexity index is 579. The molecule has 1 saturated carbocycles. The van der Waals surface area contributed by atoms with Gasteiger partial charge in [-0.05, 0) is 43.4 Å². The molecule has 0 unspecified atom stereocenters. The Morgan fingerprint density at radius 1 is 1.29 bits per heavy atom. The molecular formula is C17H21FN2O. The number of halogens is 1. The van der Waals surface area contributed by atoms with Crippen molar-refractivity contribution in [3.8, 4) is 0 Å². The predicted octanol–water partition coefficient (Wildman–Crippen LogP) is 3.62. The number of aryl methyl sites for hydroxylation is 1. The van der Waals surface area contributed by atoms with Crippen LogP contribution in [-0.4, -0.2) is 11.2 Å². The van der Waals surface area contributed by atoms with Crippen LogP contribution in [0.4, 0.5) is 4.39 Å². The van der Waals surface area contributed by atoms with Crippen LogP contribution in [0.1, 0.15) is 36.3 Å². The molecular weight excluding hydrogens is 267 g/mol.